The van der Waals surface area contributed by atoms with Crippen LogP contribution in [0, 0.1) is 10.6 Å². The summed E-state index contributed by atoms with van der Waals surface area (Å²) in [6.45, 7) is 5.35. The Hall–Kier alpha value is -3.76. The molecule has 1 aromatic heterocycles. The standard InChI is InChI=1S/C23H32N6O5/c1-23(2,3)20(30)15-19-12-13-27(18-10-5-4-6-11-18)26-29(28(19)34)25-22(33)24-17-9-7-8-16(14-17)21(31)32/h7-9,12-14,18,26H,4-6,10-11,15H2,1-3H3,(H,31,32)(H2,24,25,33). The molecule has 0 spiro atoms. The van der Waals surface area contributed by atoms with E-state index in [1.54, 1.807) is 37.7 Å². The summed E-state index contributed by atoms with van der Waals surface area (Å²) in [6.07, 6.45) is 6.74. The van der Waals surface area contributed by atoms with Gasteiger partial charge in [0.15, 0.2) is 0 Å². The second-order valence-electron chi connectivity index (χ2n) is 9.49. The van der Waals surface area contributed by atoms with Gasteiger partial charge in [0.2, 0.25) is 0 Å². The number of hydrogen-bond acceptors (Lipinski definition) is 4. The first-order valence-corrected chi connectivity index (χ1v) is 11.3. The largest absolute Gasteiger partial charge is 0.723 e. The van der Waals surface area contributed by atoms with E-state index in [1.807, 2.05) is 0 Å². The molecule has 1 saturated carbocycles. The molecule has 3 rings (SSSR count). The Bertz CT molecular complexity index is 1100. The molecular weight excluding hydrogens is 440 g/mol. The number of aromatic nitrogens is 4. The molecule has 184 valence electrons. The Kier molecular flexibility index (Phi) is 7.64. The summed E-state index contributed by atoms with van der Waals surface area (Å²) in [6, 6.07) is 6.70. The van der Waals surface area contributed by atoms with Crippen LogP contribution in [0.15, 0.2) is 36.5 Å². The number of anilines is 1. The number of rotatable bonds is 6. The van der Waals surface area contributed by atoms with E-state index >= 15 is 0 Å². The van der Waals surface area contributed by atoms with Crippen LogP contribution in [0.2, 0.25) is 0 Å². The van der Waals surface area contributed by atoms with Gasteiger partial charge in [-0.3, -0.25) is 10.1 Å². The van der Waals surface area contributed by atoms with Gasteiger partial charge in [0, 0.05) is 22.2 Å². The molecule has 1 heterocycles. The summed E-state index contributed by atoms with van der Waals surface area (Å²) in [5.74, 6) is -1.24. The highest BCUT2D eigenvalue weighted by Crippen LogP contribution is 2.26. The molecule has 0 aliphatic heterocycles. The first-order chi connectivity index (χ1) is 16.0. The first-order valence-electron chi connectivity index (χ1n) is 11.3. The first kappa shape index (κ1) is 24.9. The molecule has 1 aliphatic rings. The van der Waals surface area contributed by atoms with E-state index in [1.165, 1.54) is 24.3 Å². The molecule has 0 saturated heterocycles. The fraction of sp³-hybridized carbons (Fsp3) is 0.478. The predicted molar refractivity (Wildman–Crippen MR) is 125 cm³/mol. The molecule has 0 radical (unpaired) electrons. The quantitative estimate of drug-likeness (QED) is 0.375. The van der Waals surface area contributed by atoms with Crippen LogP contribution in [-0.2, 0) is 11.2 Å². The highest BCUT2D eigenvalue weighted by atomic mass is 16.5. The van der Waals surface area contributed by atoms with Gasteiger partial charge >= 0.3 is 12.0 Å². The van der Waals surface area contributed by atoms with E-state index in [2.05, 4.69) is 16.0 Å². The third-order valence-electron chi connectivity index (χ3n) is 5.79. The van der Waals surface area contributed by atoms with Crippen LogP contribution in [0.1, 0.15) is 75.0 Å². The van der Waals surface area contributed by atoms with E-state index in [4.69, 9.17) is 5.11 Å². The third-order valence-corrected chi connectivity index (χ3v) is 5.79. The maximum Gasteiger partial charge on any atom is 0.401 e. The van der Waals surface area contributed by atoms with Crippen molar-refractivity contribution < 1.29 is 24.3 Å². The van der Waals surface area contributed by atoms with Crippen molar-refractivity contribution in [3.8, 4) is 0 Å². The van der Waals surface area contributed by atoms with E-state index in [-0.39, 0.29) is 35.2 Å². The molecule has 11 heteroatoms. The van der Waals surface area contributed by atoms with Crippen LogP contribution in [0.3, 0.4) is 0 Å². The Morgan fingerprint density at radius 2 is 1.88 bits per heavy atom. The zero-order valence-electron chi connectivity index (χ0n) is 19.7. The fourth-order valence-corrected chi connectivity index (χ4v) is 3.72. The van der Waals surface area contributed by atoms with Crippen molar-refractivity contribution in [3.05, 3.63) is 53.0 Å². The molecule has 2 aromatic rings. The number of aromatic amines is 1. The van der Waals surface area contributed by atoms with Crippen LogP contribution in [-0.4, -0.2) is 37.7 Å². The van der Waals surface area contributed by atoms with E-state index in [0.717, 1.165) is 37.0 Å². The van der Waals surface area contributed by atoms with Crippen molar-refractivity contribution >= 4 is 23.5 Å². The smallest absolute Gasteiger partial charge is 0.401 e. The number of hydrogen-bond donors (Lipinski definition) is 4. The van der Waals surface area contributed by atoms with Crippen molar-refractivity contribution in [1.82, 2.24) is 14.8 Å². The molecule has 0 atom stereocenters. The number of carboxylic acids is 1. The van der Waals surface area contributed by atoms with Gasteiger partial charge in [0.05, 0.1) is 18.0 Å². The van der Waals surface area contributed by atoms with Crippen molar-refractivity contribution in [3.63, 3.8) is 0 Å². The number of benzene rings is 1. The van der Waals surface area contributed by atoms with Gasteiger partial charge in [-0.1, -0.05) is 46.1 Å². The van der Waals surface area contributed by atoms with E-state index < -0.39 is 17.4 Å². The van der Waals surface area contributed by atoms with Gasteiger partial charge in [0.1, 0.15) is 11.5 Å². The van der Waals surface area contributed by atoms with E-state index in [9.17, 15) is 19.6 Å². The summed E-state index contributed by atoms with van der Waals surface area (Å²) < 4.78 is 1.77. The van der Waals surface area contributed by atoms with Crippen LogP contribution < -0.4 is 15.6 Å². The second kappa shape index (κ2) is 10.4. The lowest BCUT2D eigenvalue weighted by Gasteiger charge is -2.22. The molecule has 4 N–H and O–H groups in total. The Morgan fingerprint density at radius 3 is 2.53 bits per heavy atom. The molecular formula is C23H32N6O5. The molecule has 1 aliphatic carbocycles. The Balaban J connectivity index is 1.92. The highest BCUT2D eigenvalue weighted by Gasteiger charge is 2.24. The number of ketones is 1. The van der Waals surface area contributed by atoms with Crippen LogP contribution in [0.4, 0.5) is 10.5 Å². The zero-order valence-corrected chi connectivity index (χ0v) is 19.7. The lowest BCUT2D eigenvalue weighted by atomic mass is 9.88. The number of nitrogens with zero attached hydrogens (tertiary/aromatic N) is 3. The minimum absolute atomic E-state index is 0.0140. The third kappa shape index (κ3) is 6.40. The maximum atomic E-state index is 13.2. The number of urea groups is 1. The number of carbonyl (C=O) groups is 3. The number of H-pyrrole nitrogens is 1. The summed E-state index contributed by atoms with van der Waals surface area (Å²) >= 11 is 0. The lowest BCUT2D eigenvalue weighted by molar-refractivity contribution is -0.706. The predicted octanol–water partition coefficient (Wildman–Crippen LogP) is 3.51. The molecule has 34 heavy (non-hydrogen) atoms. The Labute approximate surface area is 197 Å². The number of carbonyl (C=O) groups excluding carboxylic acids is 2. The summed E-state index contributed by atoms with van der Waals surface area (Å²) in [7, 11) is 0. The second-order valence-corrected chi connectivity index (χ2v) is 9.49. The van der Waals surface area contributed by atoms with Crippen LogP contribution in [0.5, 0.6) is 0 Å². The van der Waals surface area contributed by atoms with Crippen molar-refractivity contribution in [2.24, 2.45) is 5.41 Å². The molecule has 0 bridgehead atoms. The average Bonchev–Trinajstić information content (AvgIpc) is 2.93. The lowest BCUT2D eigenvalue weighted by Crippen LogP contribution is -2.51. The Morgan fingerprint density at radius 1 is 1.18 bits per heavy atom. The van der Waals surface area contributed by atoms with Gasteiger partial charge in [0.25, 0.3) is 0 Å². The summed E-state index contributed by atoms with van der Waals surface area (Å²) in [4.78, 5) is 37.8. The van der Waals surface area contributed by atoms with Gasteiger partial charge in [-0.05, 0) is 37.1 Å². The summed E-state index contributed by atoms with van der Waals surface area (Å²) in [5, 5.41) is 27.7. The molecule has 1 fully saturated rings. The number of carboxylic acid groups (broad SMARTS) is 1. The highest BCUT2D eigenvalue weighted by molar-refractivity contribution is 5.96. The number of Topliss-reactive ketones (excluding diaryl/α,β-unsaturated/α-hetero) is 1. The minimum atomic E-state index is -1.12. The summed E-state index contributed by atoms with van der Waals surface area (Å²) in [5.41, 5.74) is 2.24. The average molecular weight is 473 g/mol. The topological polar surface area (TPSA) is 148 Å². The van der Waals surface area contributed by atoms with Crippen molar-refractivity contribution in [2.45, 2.75) is 65.3 Å². The number of aromatic carboxylic acids is 1. The minimum Gasteiger partial charge on any atom is -0.723 e. The SMILES string of the molecule is CC(C)(C)C(=O)Cc1ccn(C2CCCCC2)[nH]n(NC(=O)Nc2cccc(C(=O)O)c2)[n+]1[O-]. The van der Waals surface area contributed by atoms with Crippen molar-refractivity contribution in [2.75, 3.05) is 10.7 Å². The van der Waals surface area contributed by atoms with Crippen LogP contribution in [0.25, 0.3) is 0 Å². The molecule has 2 amide bonds. The monoisotopic (exact) mass is 472 g/mol. The number of amides is 2. The number of nitrogens with one attached hydrogen (secondary N) is 3. The van der Waals surface area contributed by atoms with Gasteiger partial charge in [-0.25, -0.2) is 14.3 Å². The van der Waals surface area contributed by atoms with E-state index in [0.29, 0.717) is 4.85 Å². The molecule has 11 nitrogen and oxygen atoms in total. The maximum absolute atomic E-state index is 13.2. The van der Waals surface area contributed by atoms with Gasteiger partial charge < -0.3 is 10.3 Å². The van der Waals surface area contributed by atoms with Crippen molar-refractivity contribution in [1.29, 1.82) is 0 Å². The molecule has 0 unspecified atom stereocenters. The molecule has 1 aromatic carbocycles. The normalized spacial score (nSPS) is 14.3. The fourth-order valence-electron chi connectivity index (χ4n) is 3.72. The zero-order chi connectivity index (χ0) is 24.9. The van der Waals surface area contributed by atoms with Gasteiger partial charge in [-0.2, -0.15) is 4.85 Å². The van der Waals surface area contributed by atoms with Gasteiger partial charge in [-0.15, -0.1) is 10.6 Å². The van der Waals surface area contributed by atoms with Crippen LogP contribution >= 0.6 is 0 Å².